The first-order valence-corrected chi connectivity index (χ1v) is 7.60. The van der Waals surface area contributed by atoms with E-state index >= 15 is 0 Å². The molecule has 0 N–H and O–H groups in total. The standard InChI is InChI=1S/C12H14.C8H18O2/c1-9(2)11-6-5-7-12(8-11)10(3)4;1-7(2,3)9-10-8(4,5)6/h5-8H,1,3H2,2,4H3;1-6H3. The lowest BCUT2D eigenvalue weighted by Crippen LogP contribution is -2.27. The Morgan fingerprint density at radius 1 is 0.773 bits per heavy atom. The molecule has 1 rings (SSSR count). The molecule has 0 aliphatic heterocycles. The van der Waals surface area contributed by atoms with Crippen LogP contribution in [0.5, 0.6) is 0 Å². The predicted molar refractivity (Wildman–Crippen MR) is 97.5 cm³/mol. The van der Waals surface area contributed by atoms with E-state index in [0.717, 1.165) is 11.1 Å². The summed E-state index contributed by atoms with van der Waals surface area (Å²) >= 11 is 0. The molecule has 2 nitrogen and oxygen atoms in total. The summed E-state index contributed by atoms with van der Waals surface area (Å²) in [4.78, 5) is 10.2. The van der Waals surface area contributed by atoms with Crippen molar-refractivity contribution in [3.63, 3.8) is 0 Å². The Hall–Kier alpha value is -1.38. The lowest BCUT2D eigenvalue weighted by Gasteiger charge is -2.24. The van der Waals surface area contributed by atoms with Crippen molar-refractivity contribution in [2.24, 2.45) is 0 Å². The highest BCUT2D eigenvalue weighted by molar-refractivity contribution is 5.68. The summed E-state index contributed by atoms with van der Waals surface area (Å²) in [5, 5.41) is 0. The van der Waals surface area contributed by atoms with Gasteiger partial charge in [0.2, 0.25) is 0 Å². The summed E-state index contributed by atoms with van der Waals surface area (Å²) in [6, 6.07) is 8.28. The van der Waals surface area contributed by atoms with E-state index in [4.69, 9.17) is 9.78 Å². The zero-order valence-corrected chi connectivity index (χ0v) is 15.5. The lowest BCUT2D eigenvalue weighted by atomic mass is 10.0. The van der Waals surface area contributed by atoms with Crippen LogP contribution in [-0.4, -0.2) is 11.2 Å². The van der Waals surface area contributed by atoms with E-state index in [1.165, 1.54) is 11.1 Å². The molecule has 0 heterocycles. The Morgan fingerprint density at radius 2 is 1.09 bits per heavy atom. The van der Waals surface area contributed by atoms with E-state index in [1.54, 1.807) is 0 Å². The van der Waals surface area contributed by atoms with Gasteiger partial charge in [0.1, 0.15) is 0 Å². The van der Waals surface area contributed by atoms with Crippen LogP contribution in [0, 0.1) is 0 Å². The third-order valence-corrected chi connectivity index (χ3v) is 2.39. The van der Waals surface area contributed by atoms with Crippen LogP contribution >= 0.6 is 0 Å². The van der Waals surface area contributed by atoms with Crippen molar-refractivity contribution in [2.75, 3.05) is 0 Å². The molecule has 0 spiro atoms. The van der Waals surface area contributed by atoms with E-state index in [1.807, 2.05) is 61.5 Å². The van der Waals surface area contributed by atoms with Crippen molar-refractivity contribution >= 4 is 11.1 Å². The van der Waals surface area contributed by atoms with Crippen molar-refractivity contribution in [3.8, 4) is 0 Å². The monoisotopic (exact) mass is 304 g/mol. The Balaban J connectivity index is 0.000000409. The second kappa shape index (κ2) is 8.30. The van der Waals surface area contributed by atoms with Gasteiger partial charge in [0.15, 0.2) is 0 Å². The van der Waals surface area contributed by atoms with E-state index < -0.39 is 0 Å². The Labute approximate surface area is 136 Å². The quantitative estimate of drug-likeness (QED) is 0.483. The first kappa shape index (κ1) is 20.6. The molecule has 22 heavy (non-hydrogen) atoms. The highest BCUT2D eigenvalue weighted by atomic mass is 17.2. The highest BCUT2D eigenvalue weighted by Gasteiger charge is 2.18. The third kappa shape index (κ3) is 10.4. The molecule has 0 aliphatic carbocycles. The van der Waals surface area contributed by atoms with Crippen molar-refractivity contribution < 1.29 is 9.78 Å². The number of hydrogen-bond acceptors (Lipinski definition) is 2. The van der Waals surface area contributed by atoms with Crippen molar-refractivity contribution in [3.05, 3.63) is 48.6 Å². The maximum atomic E-state index is 5.09. The Morgan fingerprint density at radius 3 is 1.32 bits per heavy atom. The summed E-state index contributed by atoms with van der Waals surface area (Å²) in [5.74, 6) is 0. The van der Waals surface area contributed by atoms with Crippen LogP contribution in [0.15, 0.2) is 37.4 Å². The second-order valence-electron chi connectivity index (χ2n) is 7.53. The van der Waals surface area contributed by atoms with E-state index in [2.05, 4.69) is 31.4 Å². The maximum absolute atomic E-state index is 5.09. The van der Waals surface area contributed by atoms with Gasteiger partial charge in [-0.25, -0.2) is 9.78 Å². The van der Waals surface area contributed by atoms with E-state index in [0.29, 0.717) is 0 Å². The largest absolute Gasteiger partial charge is 0.230 e. The minimum Gasteiger partial charge on any atom is -0.230 e. The fourth-order valence-corrected chi connectivity index (χ4v) is 1.30. The number of rotatable bonds is 3. The van der Waals surface area contributed by atoms with Gasteiger partial charge in [-0.3, -0.25) is 0 Å². The lowest BCUT2D eigenvalue weighted by molar-refractivity contribution is -0.393. The summed E-state index contributed by atoms with van der Waals surface area (Å²) in [6.07, 6.45) is 0. The molecule has 124 valence electrons. The fourth-order valence-electron chi connectivity index (χ4n) is 1.30. The Kier molecular flexibility index (Phi) is 7.78. The van der Waals surface area contributed by atoms with Crippen LogP contribution in [0.4, 0.5) is 0 Å². The number of benzene rings is 1. The summed E-state index contributed by atoms with van der Waals surface area (Å²) in [7, 11) is 0. The minimum atomic E-state index is -0.215. The Bertz CT molecular complexity index is 456. The molecule has 0 fully saturated rings. The van der Waals surface area contributed by atoms with Gasteiger partial charge in [-0.2, -0.15) is 0 Å². The molecular weight excluding hydrogens is 272 g/mol. The summed E-state index contributed by atoms with van der Waals surface area (Å²) in [5.41, 5.74) is 4.14. The average Bonchev–Trinajstić information content (AvgIpc) is 2.36. The SMILES string of the molecule is C=C(C)c1cccc(C(=C)C)c1.CC(C)(C)OOC(C)(C)C. The normalized spacial score (nSPS) is 11.5. The van der Waals surface area contributed by atoms with Gasteiger partial charge in [0.25, 0.3) is 0 Å². The molecule has 0 saturated heterocycles. The fraction of sp³-hybridized carbons (Fsp3) is 0.500. The highest BCUT2D eigenvalue weighted by Crippen LogP contribution is 2.17. The molecule has 0 aromatic heterocycles. The summed E-state index contributed by atoms with van der Waals surface area (Å²) in [6.45, 7) is 23.6. The number of allylic oxidation sites excluding steroid dienone is 2. The van der Waals surface area contributed by atoms with Crippen molar-refractivity contribution in [2.45, 2.75) is 66.6 Å². The van der Waals surface area contributed by atoms with Crippen LogP contribution in [0.25, 0.3) is 11.1 Å². The predicted octanol–water partition coefficient (Wildman–Crippen LogP) is 6.28. The maximum Gasteiger partial charge on any atom is 0.0952 e. The molecule has 0 radical (unpaired) electrons. The van der Waals surface area contributed by atoms with Crippen LogP contribution in [0.3, 0.4) is 0 Å². The van der Waals surface area contributed by atoms with Gasteiger partial charge in [-0.1, -0.05) is 42.5 Å². The van der Waals surface area contributed by atoms with Crippen LogP contribution in [0.1, 0.15) is 66.5 Å². The smallest absolute Gasteiger partial charge is 0.0952 e. The van der Waals surface area contributed by atoms with Crippen LogP contribution < -0.4 is 0 Å². The minimum absolute atomic E-state index is 0.215. The summed E-state index contributed by atoms with van der Waals surface area (Å²) < 4.78 is 0. The second-order valence-corrected chi connectivity index (χ2v) is 7.53. The van der Waals surface area contributed by atoms with Gasteiger partial charge < -0.3 is 0 Å². The first-order valence-electron chi connectivity index (χ1n) is 7.60. The molecule has 0 atom stereocenters. The van der Waals surface area contributed by atoms with Gasteiger partial charge in [-0.15, -0.1) is 0 Å². The molecule has 0 aliphatic rings. The van der Waals surface area contributed by atoms with Gasteiger partial charge in [-0.05, 0) is 72.6 Å². The topological polar surface area (TPSA) is 18.5 Å². The molecule has 0 saturated carbocycles. The van der Waals surface area contributed by atoms with Crippen LogP contribution in [-0.2, 0) is 9.78 Å². The molecule has 0 amide bonds. The zero-order valence-electron chi connectivity index (χ0n) is 15.5. The molecule has 0 unspecified atom stereocenters. The first-order chi connectivity index (χ1) is 9.82. The van der Waals surface area contributed by atoms with E-state index in [9.17, 15) is 0 Å². The van der Waals surface area contributed by atoms with Crippen molar-refractivity contribution in [1.29, 1.82) is 0 Å². The third-order valence-electron chi connectivity index (χ3n) is 2.39. The molecule has 1 aromatic carbocycles. The number of hydrogen-bond donors (Lipinski definition) is 0. The molecule has 1 aromatic rings. The van der Waals surface area contributed by atoms with Crippen LogP contribution in [0.2, 0.25) is 0 Å². The zero-order chi connectivity index (χ0) is 17.6. The molecular formula is C20H32O2. The average molecular weight is 304 g/mol. The molecule has 2 heteroatoms. The van der Waals surface area contributed by atoms with Crippen molar-refractivity contribution in [1.82, 2.24) is 0 Å². The van der Waals surface area contributed by atoms with Gasteiger partial charge >= 0.3 is 0 Å². The molecule has 0 bridgehead atoms. The van der Waals surface area contributed by atoms with Gasteiger partial charge in [0, 0.05) is 0 Å². The van der Waals surface area contributed by atoms with E-state index in [-0.39, 0.29) is 11.2 Å². The van der Waals surface area contributed by atoms with Gasteiger partial charge in [0.05, 0.1) is 11.2 Å².